The van der Waals surface area contributed by atoms with Crippen LogP contribution in [0.25, 0.3) is 0 Å². The second kappa shape index (κ2) is 6.74. The van der Waals surface area contributed by atoms with Gasteiger partial charge in [-0.15, -0.1) is 0 Å². The maximum Gasteiger partial charge on any atom is 0.416 e. The van der Waals surface area contributed by atoms with Gasteiger partial charge in [0.05, 0.1) is 5.56 Å². The van der Waals surface area contributed by atoms with E-state index in [2.05, 4.69) is 0 Å². The van der Waals surface area contributed by atoms with Crippen molar-refractivity contribution < 1.29 is 23.1 Å². The van der Waals surface area contributed by atoms with Crippen LogP contribution in [0, 0.1) is 0 Å². The molecule has 0 heterocycles. The van der Waals surface area contributed by atoms with Gasteiger partial charge in [-0.2, -0.15) is 13.2 Å². The molecule has 20 heavy (non-hydrogen) atoms. The Hall–Kier alpha value is -1.56. The summed E-state index contributed by atoms with van der Waals surface area (Å²) in [6.45, 7) is 2.32. The predicted octanol–water partition coefficient (Wildman–Crippen LogP) is 3.56. The first-order valence-electron chi connectivity index (χ1n) is 6.31. The third-order valence-corrected chi connectivity index (χ3v) is 3.26. The van der Waals surface area contributed by atoms with Crippen LogP contribution in [0.2, 0.25) is 0 Å². The Bertz CT molecular complexity index is 460. The summed E-state index contributed by atoms with van der Waals surface area (Å²) >= 11 is 0. The summed E-state index contributed by atoms with van der Waals surface area (Å²) in [5, 5.41) is 8.56. The molecule has 0 aliphatic carbocycles. The Kier molecular flexibility index (Phi) is 5.56. The van der Waals surface area contributed by atoms with Gasteiger partial charge in [0, 0.05) is 12.5 Å². The Morgan fingerprint density at radius 1 is 1.40 bits per heavy atom. The van der Waals surface area contributed by atoms with Gasteiger partial charge >= 0.3 is 12.1 Å². The largest absolute Gasteiger partial charge is 0.481 e. The Labute approximate surface area is 116 Å². The quantitative estimate of drug-likeness (QED) is 0.870. The number of carbonyl (C=O) groups is 1. The molecule has 0 bridgehead atoms. The van der Waals surface area contributed by atoms with Crippen molar-refractivity contribution in [1.82, 2.24) is 4.90 Å². The van der Waals surface area contributed by atoms with Crippen molar-refractivity contribution in [2.45, 2.75) is 32.0 Å². The van der Waals surface area contributed by atoms with E-state index in [1.54, 1.807) is 20.0 Å². The third kappa shape index (κ3) is 4.85. The average Bonchev–Trinajstić information content (AvgIpc) is 2.36. The van der Waals surface area contributed by atoms with E-state index in [1.807, 2.05) is 4.90 Å². The maximum atomic E-state index is 12.6. The molecular formula is C14H18F3NO2. The SMILES string of the molecule is CC(c1cccc(C(F)(F)F)c1)N(C)CCCC(=O)O. The van der Waals surface area contributed by atoms with Gasteiger partial charge in [0.15, 0.2) is 0 Å². The standard InChI is InChI=1S/C14H18F3NO2/c1-10(18(2)8-4-7-13(19)20)11-5-3-6-12(9-11)14(15,16)17/h3,5-6,9-10H,4,7-8H2,1-2H3,(H,19,20). The van der Waals surface area contributed by atoms with Crippen LogP contribution >= 0.6 is 0 Å². The van der Waals surface area contributed by atoms with Gasteiger partial charge in [-0.3, -0.25) is 9.69 Å². The molecule has 0 fully saturated rings. The third-order valence-electron chi connectivity index (χ3n) is 3.26. The molecule has 0 spiro atoms. The maximum absolute atomic E-state index is 12.6. The first kappa shape index (κ1) is 16.5. The van der Waals surface area contributed by atoms with Crippen LogP contribution in [0.3, 0.4) is 0 Å². The number of alkyl halides is 3. The van der Waals surface area contributed by atoms with Crippen molar-refractivity contribution >= 4 is 5.97 Å². The summed E-state index contributed by atoms with van der Waals surface area (Å²) in [6, 6.07) is 5.01. The number of carboxylic acid groups (broad SMARTS) is 1. The highest BCUT2D eigenvalue weighted by Gasteiger charge is 2.30. The van der Waals surface area contributed by atoms with E-state index >= 15 is 0 Å². The summed E-state index contributed by atoms with van der Waals surface area (Å²) < 4.78 is 37.9. The topological polar surface area (TPSA) is 40.5 Å². The summed E-state index contributed by atoms with van der Waals surface area (Å²) in [6.07, 6.45) is -3.83. The van der Waals surface area contributed by atoms with Crippen LogP contribution in [0.4, 0.5) is 13.2 Å². The molecule has 0 saturated carbocycles. The molecule has 0 saturated heterocycles. The molecule has 6 heteroatoms. The highest BCUT2D eigenvalue weighted by molar-refractivity contribution is 5.66. The van der Waals surface area contributed by atoms with Crippen LogP contribution in [-0.2, 0) is 11.0 Å². The molecule has 3 nitrogen and oxygen atoms in total. The lowest BCUT2D eigenvalue weighted by Gasteiger charge is -2.25. The van der Waals surface area contributed by atoms with E-state index in [0.29, 0.717) is 18.5 Å². The number of rotatable bonds is 6. The van der Waals surface area contributed by atoms with E-state index in [4.69, 9.17) is 5.11 Å². The second-order valence-electron chi connectivity index (χ2n) is 4.78. The van der Waals surface area contributed by atoms with Crippen LogP contribution in [0.5, 0.6) is 0 Å². The zero-order valence-corrected chi connectivity index (χ0v) is 11.4. The van der Waals surface area contributed by atoms with E-state index < -0.39 is 17.7 Å². The number of hydrogen-bond acceptors (Lipinski definition) is 2. The molecule has 1 unspecified atom stereocenters. The molecule has 1 N–H and O–H groups in total. The number of hydrogen-bond donors (Lipinski definition) is 1. The minimum Gasteiger partial charge on any atom is -0.481 e. The lowest BCUT2D eigenvalue weighted by atomic mass is 10.0. The molecule has 0 aliphatic heterocycles. The van der Waals surface area contributed by atoms with E-state index in [-0.39, 0.29) is 12.5 Å². The smallest absolute Gasteiger partial charge is 0.416 e. The lowest BCUT2D eigenvalue weighted by Crippen LogP contribution is -2.24. The van der Waals surface area contributed by atoms with Crippen molar-refractivity contribution in [3.8, 4) is 0 Å². The Morgan fingerprint density at radius 2 is 2.05 bits per heavy atom. The van der Waals surface area contributed by atoms with Gasteiger partial charge < -0.3 is 5.11 Å². The lowest BCUT2D eigenvalue weighted by molar-refractivity contribution is -0.138. The fourth-order valence-electron chi connectivity index (χ4n) is 1.90. The van der Waals surface area contributed by atoms with Gasteiger partial charge in [-0.05, 0) is 44.6 Å². The second-order valence-corrected chi connectivity index (χ2v) is 4.78. The Morgan fingerprint density at radius 3 is 2.60 bits per heavy atom. The fraction of sp³-hybridized carbons (Fsp3) is 0.500. The van der Waals surface area contributed by atoms with E-state index in [9.17, 15) is 18.0 Å². The minimum atomic E-state index is -4.35. The number of carboxylic acids is 1. The predicted molar refractivity (Wildman–Crippen MR) is 69.4 cm³/mol. The first-order chi connectivity index (χ1) is 9.21. The van der Waals surface area contributed by atoms with Gasteiger partial charge in [-0.25, -0.2) is 0 Å². The average molecular weight is 289 g/mol. The van der Waals surface area contributed by atoms with E-state index in [0.717, 1.165) is 12.1 Å². The monoisotopic (exact) mass is 289 g/mol. The van der Waals surface area contributed by atoms with Crippen LogP contribution in [-0.4, -0.2) is 29.6 Å². The van der Waals surface area contributed by atoms with Crippen molar-refractivity contribution in [2.75, 3.05) is 13.6 Å². The molecule has 0 radical (unpaired) electrons. The van der Waals surface area contributed by atoms with Crippen molar-refractivity contribution in [2.24, 2.45) is 0 Å². The molecule has 1 atom stereocenters. The fourth-order valence-corrected chi connectivity index (χ4v) is 1.90. The van der Waals surface area contributed by atoms with Crippen LogP contribution < -0.4 is 0 Å². The number of aliphatic carboxylic acids is 1. The van der Waals surface area contributed by atoms with Crippen LogP contribution in [0.15, 0.2) is 24.3 Å². The van der Waals surface area contributed by atoms with Crippen molar-refractivity contribution in [3.05, 3.63) is 35.4 Å². The van der Waals surface area contributed by atoms with Crippen molar-refractivity contribution in [1.29, 1.82) is 0 Å². The molecule has 1 aromatic carbocycles. The normalized spacial score (nSPS) is 13.5. The highest BCUT2D eigenvalue weighted by Crippen LogP contribution is 2.31. The summed E-state index contributed by atoms with van der Waals surface area (Å²) in [7, 11) is 1.77. The number of nitrogens with zero attached hydrogens (tertiary/aromatic N) is 1. The first-order valence-corrected chi connectivity index (χ1v) is 6.31. The van der Waals surface area contributed by atoms with Crippen LogP contribution in [0.1, 0.15) is 36.9 Å². The molecule has 0 amide bonds. The Balaban J connectivity index is 2.71. The number of benzene rings is 1. The molecule has 1 rings (SSSR count). The molecule has 0 aliphatic rings. The zero-order valence-electron chi connectivity index (χ0n) is 11.4. The zero-order chi connectivity index (χ0) is 15.3. The molecule has 1 aromatic rings. The molecule has 112 valence electrons. The summed E-state index contributed by atoms with van der Waals surface area (Å²) in [5.41, 5.74) is -0.0987. The van der Waals surface area contributed by atoms with Gasteiger partial charge in [0.1, 0.15) is 0 Å². The van der Waals surface area contributed by atoms with Gasteiger partial charge in [-0.1, -0.05) is 12.1 Å². The number of halogens is 3. The highest BCUT2D eigenvalue weighted by atomic mass is 19.4. The van der Waals surface area contributed by atoms with Gasteiger partial charge in [0.25, 0.3) is 0 Å². The van der Waals surface area contributed by atoms with Crippen molar-refractivity contribution in [3.63, 3.8) is 0 Å². The van der Waals surface area contributed by atoms with E-state index in [1.165, 1.54) is 6.07 Å². The summed E-state index contributed by atoms with van der Waals surface area (Å²) in [5.74, 6) is -0.870. The minimum absolute atomic E-state index is 0.0552. The molecule has 0 aromatic heterocycles. The van der Waals surface area contributed by atoms with Gasteiger partial charge in [0.2, 0.25) is 0 Å². The summed E-state index contributed by atoms with van der Waals surface area (Å²) in [4.78, 5) is 12.3. The molecular weight excluding hydrogens is 271 g/mol.